The molecule has 0 aliphatic carbocycles. The molecule has 0 saturated heterocycles. The monoisotopic (exact) mass is 331 g/mol. The summed E-state index contributed by atoms with van der Waals surface area (Å²) in [6, 6.07) is 6.91. The lowest BCUT2D eigenvalue weighted by molar-refractivity contribution is -0.111. The third kappa shape index (κ3) is 4.93. The highest BCUT2D eigenvalue weighted by Gasteiger charge is 2.11. The number of amides is 2. The molecule has 0 aliphatic rings. The Bertz CT molecular complexity index is 681. The van der Waals surface area contributed by atoms with Gasteiger partial charge in [-0.05, 0) is 37.3 Å². The average Bonchev–Trinajstić information content (AvgIpc) is 3.07. The first-order valence-corrected chi connectivity index (χ1v) is 7.87. The van der Waals surface area contributed by atoms with Crippen LogP contribution in [0.3, 0.4) is 0 Å². The summed E-state index contributed by atoms with van der Waals surface area (Å²) >= 11 is 1.46. The molecule has 120 valence electrons. The van der Waals surface area contributed by atoms with Crippen molar-refractivity contribution in [2.45, 2.75) is 6.92 Å². The fourth-order valence-electron chi connectivity index (χ4n) is 1.74. The Morgan fingerprint density at radius 3 is 2.70 bits per heavy atom. The van der Waals surface area contributed by atoms with Gasteiger partial charge in [0.2, 0.25) is 5.91 Å². The number of anilines is 2. The number of hydrogen-bond donors (Lipinski definition) is 1. The predicted octanol–water partition coefficient (Wildman–Crippen LogP) is 3.39. The van der Waals surface area contributed by atoms with Crippen molar-refractivity contribution in [3.05, 3.63) is 46.9 Å². The summed E-state index contributed by atoms with van der Waals surface area (Å²) in [5.41, 5.74) is 1.32. The molecule has 0 unspecified atom stereocenters. The Kier molecular flexibility index (Phi) is 5.87. The van der Waals surface area contributed by atoms with Gasteiger partial charge in [0.15, 0.2) is 0 Å². The molecule has 0 spiro atoms. The molecule has 0 radical (unpaired) electrons. The number of nitrogens with one attached hydrogen (secondary N) is 1. The van der Waals surface area contributed by atoms with Gasteiger partial charge in [-0.15, -0.1) is 11.3 Å². The number of aromatic nitrogens is 1. The van der Waals surface area contributed by atoms with Gasteiger partial charge >= 0.3 is 6.09 Å². The summed E-state index contributed by atoms with van der Waals surface area (Å²) in [5.74, 6) is -0.244. The maximum absolute atomic E-state index is 11.8. The number of nitrogens with zero attached hydrogens (tertiary/aromatic N) is 2. The lowest BCUT2D eigenvalue weighted by Gasteiger charge is -2.16. The van der Waals surface area contributed by atoms with Crippen molar-refractivity contribution in [1.82, 2.24) is 4.98 Å². The third-order valence-corrected chi connectivity index (χ3v) is 3.63. The van der Waals surface area contributed by atoms with E-state index in [1.54, 1.807) is 50.5 Å². The van der Waals surface area contributed by atoms with Crippen molar-refractivity contribution in [1.29, 1.82) is 0 Å². The van der Waals surface area contributed by atoms with Crippen molar-refractivity contribution in [3.8, 4) is 0 Å². The molecule has 0 fully saturated rings. The first-order chi connectivity index (χ1) is 11.1. The lowest BCUT2D eigenvalue weighted by atomic mass is 10.2. The smallest absolute Gasteiger partial charge is 0.413 e. The Morgan fingerprint density at radius 1 is 1.35 bits per heavy atom. The Morgan fingerprint density at radius 2 is 2.09 bits per heavy atom. The summed E-state index contributed by atoms with van der Waals surface area (Å²) in [5, 5.41) is 5.35. The van der Waals surface area contributed by atoms with E-state index in [1.807, 2.05) is 5.38 Å². The maximum atomic E-state index is 11.8. The Balaban J connectivity index is 1.94. The molecule has 1 aromatic carbocycles. The average molecular weight is 331 g/mol. The van der Waals surface area contributed by atoms with Crippen molar-refractivity contribution in [2.75, 3.05) is 23.9 Å². The minimum absolute atomic E-state index is 0.244. The molecule has 0 saturated carbocycles. The van der Waals surface area contributed by atoms with Crippen LogP contribution in [0.4, 0.5) is 16.2 Å². The van der Waals surface area contributed by atoms with Gasteiger partial charge in [-0.1, -0.05) is 0 Å². The molecule has 7 heteroatoms. The summed E-state index contributed by atoms with van der Waals surface area (Å²) in [7, 11) is 1.63. The third-order valence-electron chi connectivity index (χ3n) is 2.89. The minimum Gasteiger partial charge on any atom is -0.449 e. The van der Waals surface area contributed by atoms with Crippen LogP contribution < -0.4 is 10.2 Å². The van der Waals surface area contributed by atoms with Crippen LogP contribution >= 0.6 is 11.3 Å². The van der Waals surface area contributed by atoms with E-state index in [0.717, 1.165) is 5.01 Å². The van der Waals surface area contributed by atoms with Crippen LogP contribution in [-0.2, 0) is 9.53 Å². The van der Waals surface area contributed by atoms with E-state index in [-0.39, 0.29) is 5.91 Å². The lowest BCUT2D eigenvalue weighted by Crippen LogP contribution is -2.26. The first-order valence-electron chi connectivity index (χ1n) is 6.99. The van der Waals surface area contributed by atoms with Crippen molar-refractivity contribution < 1.29 is 14.3 Å². The Hall–Kier alpha value is -2.67. The van der Waals surface area contributed by atoms with Crippen molar-refractivity contribution in [2.24, 2.45) is 0 Å². The quantitative estimate of drug-likeness (QED) is 0.853. The summed E-state index contributed by atoms with van der Waals surface area (Å²) in [6.07, 6.45) is 4.34. The van der Waals surface area contributed by atoms with Gasteiger partial charge in [0, 0.05) is 36.1 Å². The molecule has 2 amide bonds. The molecule has 0 bridgehead atoms. The molecule has 0 atom stereocenters. The number of benzene rings is 1. The maximum Gasteiger partial charge on any atom is 0.413 e. The molecule has 23 heavy (non-hydrogen) atoms. The normalized spacial score (nSPS) is 10.5. The molecular formula is C16H17N3O3S. The van der Waals surface area contributed by atoms with E-state index >= 15 is 0 Å². The molecule has 1 aromatic heterocycles. The van der Waals surface area contributed by atoms with Crippen molar-refractivity contribution in [3.63, 3.8) is 0 Å². The van der Waals surface area contributed by atoms with Crippen LogP contribution in [0.5, 0.6) is 0 Å². The second-order valence-electron chi connectivity index (χ2n) is 4.50. The van der Waals surface area contributed by atoms with Crippen LogP contribution in [0.25, 0.3) is 6.08 Å². The van der Waals surface area contributed by atoms with Crippen LogP contribution in [0.1, 0.15) is 11.9 Å². The summed E-state index contributed by atoms with van der Waals surface area (Å²) in [6.45, 7) is 2.08. The van der Waals surface area contributed by atoms with Gasteiger partial charge in [0.1, 0.15) is 5.01 Å². The van der Waals surface area contributed by atoms with Crippen molar-refractivity contribution >= 4 is 40.8 Å². The second-order valence-corrected chi connectivity index (χ2v) is 5.42. The molecule has 1 N–H and O–H groups in total. The molecule has 0 aliphatic heterocycles. The second kappa shape index (κ2) is 8.09. The van der Waals surface area contributed by atoms with Gasteiger partial charge in [-0.2, -0.15) is 0 Å². The minimum atomic E-state index is -0.421. The number of ether oxygens (including phenoxy) is 1. The number of carbonyl (C=O) groups is 2. The fourth-order valence-corrected chi connectivity index (χ4v) is 2.27. The van der Waals surface area contributed by atoms with Crippen LogP contribution in [-0.4, -0.2) is 30.6 Å². The Labute approximate surface area is 138 Å². The van der Waals surface area contributed by atoms with E-state index < -0.39 is 6.09 Å². The zero-order valence-corrected chi connectivity index (χ0v) is 13.7. The van der Waals surface area contributed by atoms with Gasteiger partial charge < -0.3 is 10.1 Å². The number of rotatable bonds is 5. The van der Waals surface area contributed by atoms with Crippen LogP contribution in [0, 0.1) is 0 Å². The highest BCUT2D eigenvalue weighted by molar-refractivity contribution is 7.10. The van der Waals surface area contributed by atoms with Gasteiger partial charge in [0.05, 0.1) is 6.61 Å². The van der Waals surface area contributed by atoms with Gasteiger partial charge in [-0.25, -0.2) is 9.78 Å². The summed E-state index contributed by atoms with van der Waals surface area (Å²) in [4.78, 5) is 28.9. The van der Waals surface area contributed by atoms with E-state index in [2.05, 4.69) is 10.3 Å². The largest absolute Gasteiger partial charge is 0.449 e. The van der Waals surface area contributed by atoms with E-state index in [4.69, 9.17) is 4.74 Å². The zero-order chi connectivity index (χ0) is 16.7. The first kappa shape index (κ1) is 16.7. The van der Waals surface area contributed by atoms with Gasteiger partial charge in [0.25, 0.3) is 0 Å². The zero-order valence-electron chi connectivity index (χ0n) is 12.9. The van der Waals surface area contributed by atoms with E-state index in [1.165, 1.54) is 22.3 Å². The van der Waals surface area contributed by atoms with E-state index in [9.17, 15) is 9.59 Å². The topological polar surface area (TPSA) is 71.5 Å². The molecule has 1 heterocycles. The number of carbonyl (C=O) groups excluding carboxylic acids is 2. The molecule has 2 rings (SSSR count). The fraction of sp³-hybridized carbons (Fsp3) is 0.188. The SMILES string of the molecule is CCOC(=O)N(C)c1ccc(NC(=O)C=Cc2nccs2)cc1. The molecule has 2 aromatic rings. The highest BCUT2D eigenvalue weighted by atomic mass is 32.1. The number of hydrogen-bond acceptors (Lipinski definition) is 5. The predicted molar refractivity (Wildman–Crippen MR) is 91.6 cm³/mol. The van der Waals surface area contributed by atoms with E-state index in [0.29, 0.717) is 18.0 Å². The molecular weight excluding hydrogens is 314 g/mol. The van der Waals surface area contributed by atoms with Gasteiger partial charge in [-0.3, -0.25) is 9.69 Å². The van der Waals surface area contributed by atoms with Crippen LogP contribution in [0.15, 0.2) is 41.9 Å². The standard InChI is InChI=1S/C16H17N3O3S/c1-3-22-16(21)19(2)13-6-4-12(5-7-13)18-14(20)8-9-15-17-10-11-23-15/h4-11H,3H2,1-2H3,(H,18,20). The highest BCUT2D eigenvalue weighted by Crippen LogP contribution is 2.17. The molecule has 6 nitrogen and oxygen atoms in total. The number of thiazole rings is 1. The summed E-state index contributed by atoms with van der Waals surface area (Å²) < 4.78 is 4.92. The van der Waals surface area contributed by atoms with Crippen LogP contribution in [0.2, 0.25) is 0 Å².